The summed E-state index contributed by atoms with van der Waals surface area (Å²) in [6, 6.07) is 15.4. The van der Waals surface area contributed by atoms with E-state index in [1.54, 1.807) is 0 Å². The maximum absolute atomic E-state index is 4.56. The van der Waals surface area contributed by atoms with Gasteiger partial charge >= 0.3 is 0 Å². The average Bonchev–Trinajstić information content (AvgIpc) is 3.08. The van der Waals surface area contributed by atoms with E-state index in [1.807, 2.05) is 23.1 Å². The van der Waals surface area contributed by atoms with E-state index >= 15 is 0 Å². The molecule has 0 aliphatic heterocycles. The zero-order valence-corrected chi connectivity index (χ0v) is 16.7. The second kappa shape index (κ2) is 5.47. The van der Waals surface area contributed by atoms with Gasteiger partial charge in [-0.3, -0.25) is 0 Å². The SMILES string of the molecule is C=C=CC1(c2cc3c(cc2-n2cccn2)C(C)(C)c2ccccc2-3)C(=C)[C@@H]1C. The Kier molecular flexibility index (Phi) is 3.33. The minimum atomic E-state index is -0.222. The van der Waals surface area contributed by atoms with Crippen LogP contribution < -0.4 is 0 Å². The Bertz CT molecular complexity index is 1170. The number of benzene rings is 2. The van der Waals surface area contributed by atoms with Gasteiger partial charge in [0.2, 0.25) is 0 Å². The summed E-state index contributed by atoms with van der Waals surface area (Å²) in [7, 11) is 0. The molecule has 2 aliphatic rings. The van der Waals surface area contributed by atoms with E-state index in [0.717, 1.165) is 5.69 Å². The van der Waals surface area contributed by atoms with Crippen molar-refractivity contribution < 1.29 is 0 Å². The van der Waals surface area contributed by atoms with E-state index in [4.69, 9.17) is 0 Å². The van der Waals surface area contributed by atoms with Crippen molar-refractivity contribution in [2.45, 2.75) is 31.6 Å². The lowest BCUT2D eigenvalue weighted by Gasteiger charge is -2.24. The third-order valence-corrected chi connectivity index (χ3v) is 6.88. The van der Waals surface area contributed by atoms with Gasteiger partial charge < -0.3 is 0 Å². The normalized spacial score (nSPS) is 23.7. The quantitative estimate of drug-likeness (QED) is 0.414. The van der Waals surface area contributed by atoms with Crippen LogP contribution in [0.2, 0.25) is 0 Å². The molecule has 0 saturated heterocycles. The molecule has 2 nitrogen and oxygen atoms in total. The highest BCUT2D eigenvalue weighted by Gasteiger charge is 2.57. The molecule has 5 rings (SSSR count). The Balaban J connectivity index is 1.87. The van der Waals surface area contributed by atoms with Crippen LogP contribution in [0.4, 0.5) is 0 Å². The summed E-state index contributed by atoms with van der Waals surface area (Å²) < 4.78 is 1.98. The van der Waals surface area contributed by atoms with Crippen molar-refractivity contribution in [2.24, 2.45) is 5.92 Å². The van der Waals surface area contributed by atoms with Crippen LogP contribution in [0.1, 0.15) is 37.5 Å². The first kappa shape index (κ1) is 17.0. The van der Waals surface area contributed by atoms with Crippen molar-refractivity contribution in [3.05, 3.63) is 102 Å². The number of rotatable bonds is 3. The molecule has 1 aromatic heterocycles. The molecule has 1 fully saturated rings. The largest absolute Gasteiger partial charge is 0.241 e. The highest BCUT2D eigenvalue weighted by Crippen LogP contribution is 2.62. The highest BCUT2D eigenvalue weighted by atomic mass is 15.3. The standard InChI is InChI=1S/C26H24N2/c1-6-12-26(17(2)18(26)3)23-15-20-19-10-7-8-11-21(19)25(4,5)22(20)16-24(23)28-14-9-13-27-28/h7-16,18H,1-2H2,3-5H3/t18-,26?/m0/s1. The lowest BCUT2D eigenvalue weighted by molar-refractivity contribution is 0.657. The molecule has 138 valence electrons. The van der Waals surface area contributed by atoms with Crippen LogP contribution in [-0.4, -0.2) is 9.78 Å². The van der Waals surface area contributed by atoms with Crippen molar-refractivity contribution in [2.75, 3.05) is 0 Å². The molecule has 0 bridgehead atoms. The van der Waals surface area contributed by atoms with Crippen LogP contribution >= 0.6 is 0 Å². The molecular formula is C26H24N2. The molecular weight excluding hydrogens is 340 g/mol. The minimum absolute atomic E-state index is 0.0417. The Morgan fingerprint density at radius 3 is 2.46 bits per heavy atom. The van der Waals surface area contributed by atoms with Crippen LogP contribution in [-0.2, 0) is 10.8 Å². The van der Waals surface area contributed by atoms with Gasteiger partial charge in [-0.05, 0) is 58.0 Å². The Morgan fingerprint density at radius 1 is 1.07 bits per heavy atom. The van der Waals surface area contributed by atoms with Crippen LogP contribution in [0.15, 0.2) is 85.4 Å². The number of nitrogens with zero attached hydrogens (tertiary/aromatic N) is 2. The maximum atomic E-state index is 4.56. The lowest BCUT2D eigenvalue weighted by atomic mass is 9.80. The van der Waals surface area contributed by atoms with Gasteiger partial charge in [0, 0.05) is 23.2 Å². The molecule has 0 spiro atoms. The average molecular weight is 364 g/mol. The third kappa shape index (κ3) is 1.96. The molecule has 0 radical (unpaired) electrons. The van der Waals surface area contributed by atoms with E-state index in [0.29, 0.717) is 5.92 Å². The predicted molar refractivity (Wildman–Crippen MR) is 115 cm³/mol. The molecule has 2 aliphatic carbocycles. The van der Waals surface area contributed by atoms with Gasteiger partial charge in [-0.2, -0.15) is 5.10 Å². The number of hydrogen-bond acceptors (Lipinski definition) is 1. The number of hydrogen-bond donors (Lipinski definition) is 0. The summed E-state index contributed by atoms with van der Waals surface area (Å²) in [6.07, 6.45) is 5.93. The van der Waals surface area contributed by atoms with Gasteiger partial charge in [0.25, 0.3) is 0 Å². The van der Waals surface area contributed by atoms with E-state index in [-0.39, 0.29) is 10.8 Å². The first-order valence-corrected chi connectivity index (χ1v) is 9.78. The van der Waals surface area contributed by atoms with Crippen LogP contribution in [0.5, 0.6) is 0 Å². The fourth-order valence-corrected chi connectivity index (χ4v) is 5.11. The predicted octanol–water partition coefficient (Wildman–Crippen LogP) is 5.96. The van der Waals surface area contributed by atoms with Gasteiger partial charge in [-0.15, -0.1) is 5.73 Å². The minimum Gasteiger partial charge on any atom is -0.241 e. The van der Waals surface area contributed by atoms with Gasteiger partial charge in [0.15, 0.2) is 0 Å². The maximum Gasteiger partial charge on any atom is 0.0693 e. The van der Waals surface area contributed by atoms with E-state index in [1.165, 1.54) is 33.4 Å². The fourth-order valence-electron chi connectivity index (χ4n) is 5.11. The smallest absolute Gasteiger partial charge is 0.0693 e. The number of allylic oxidation sites excluding steroid dienone is 2. The zero-order chi connectivity index (χ0) is 19.7. The molecule has 2 aromatic carbocycles. The summed E-state index contributed by atoms with van der Waals surface area (Å²) in [5.41, 5.74) is 11.7. The van der Waals surface area contributed by atoms with Gasteiger partial charge in [0.1, 0.15) is 0 Å². The van der Waals surface area contributed by atoms with Crippen molar-refractivity contribution in [3.63, 3.8) is 0 Å². The number of fused-ring (bicyclic) bond motifs is 3. The second-order valence-corrected chi connectivity index (χ2v) is 8.50. The summed E-state index contributed by atoms with van der Waals surface area (Å²) in [4.78, 5) is 0. The van der Waals surface area contributed by atoms with Crippen LogP contribution in [0, 0.1) is 5.92 Å². The van der Waals surface area contributed by atoms with Gasteiger partial charge in [-0.25, -0.2) is 4.68 Å². The van der Waals surface area contributed by atoms with E-state index in [2.05, 4.69) is 87.2 Å². The molecule has 0 N–H and O–H groups in total. The molecule has 0 amide bonds. The molecule has 1 unspecified atom stereocenters. The molecule has 1 saturated carbocycles. The van der Waals surface area contributed by atoms with E-state index < -0.39 is 0 Å². The Morgan fingerprint density at radius 2 is 1.82 bits per heavy atom. The van der Waals surface area contributed by atoms with Crippen LogP contribution in [0.3, 0.4) is 0 Å². The highest BCUT2D eigenvalue weighted by molar-refractivity contribution is 5.84. The summed E-state index contributed by atoms with van der Waals surface area (Å²) in [5, 5.41) is 4.56. The number of aromatic nitrogens is 2. The molecule has 2 atom stereocenters. The summed E-state index contributed by atoms with van der Waals surface area (Å²) in [5.74, 6) is 0.360. The van der Waals surface area contributed by atoms with Crippen molar-refractivity contribution in [3.8, 4) is 16.8 Å². The fraction of sp³-hybridized carbons (Fsp3) is 0.231. The van der Waals surface area contributed by atoms with Crippen LogP contribution in [0.25, 0.3) is 16.8 Å². The second-order valence-electron chi connectivity index (χ2n) is 8.50. The first-order chi connectivity index (χ1) is 13.4. The monoisotopic (exact) mass is 364 g/mol. The topological polar surface area (TPSA) is 17.8 Å². The Hall–Kier alpha value is -3.09. The summed E-state index contributed by atoms with van der Waals surface area (Å²) >= 11 is 0. The van der Waals surface area contributed by atoms with Gasteiger partial charge in [0.05, 0.1) is 5.69 Å². The third-order valence-electron chi connectivity index (χ3n) is 6.88. The van der Waals surface area contributed by atoms with Crippen molar-refractivity contribution in [1.82, 2.24) is 9.78 Å². The first-order valence-electron chi connectivity index (χ1n) is 9.78. The van der Waals surface area contributed by atoms with Crippen molar-refractivity contribution >= 4 is 0 Å². The lowest BCUT2D eigenvalue weighted by Crippen LogP contribution is -2.17. The van der Waals surface area contributed by atoms with E-state index in [9.17, 15) is 0 Å². The zero-order valence-electron chi connectivity index (χ0n) is 16.7. The van der Waals surface area contributed by atoms with Crippen molar-refractivity contribution in [1.29, 1.82) is 0 Å². The Labute approximate surface area is 166 Å². The molecule has 3 aromatic rings. The summed E-state index contributed by atoms with van der Waals surface area (Å²) in [6.45, 7) is 15.1. The molecule has 1 heterocycles. The van der Waals surface area contributed by atoms with Gasteiger partial charge in [-0.1, -0.05) is 63.8 Å². The molecule has 2 heteroatoms. The molecule has 28 heavy (non-hydrogen) atoms.